The van der Waals surface area contributed by atoms with Crippen LogP contribution in [0.5, 0.6) is 0 Å². The molecule has 22 heavy (non-hydrogen) atoms. The summed E-state index contributed by atoms with van der Waals surface area (Å²) >= 11 is 0. The molecule has 4 aromatic rings. The van der Waals surface area contributed by atoms with Crippen molar-refractivity contribution in [2.24, 2.45) is 0 Å². The molecule has 0 aliphatic rings. The van der Waals surface area contributed by atoms with Crippen molar-refractivity contribution in [1.82, 2.24) is 20.1 Å². The van der Waals surface area contributed by atoms with Gasteiger partial charge in [0.25, 0.3) is 0 Å². The van der Waals surface area contributed by atoms with Crippen LogP contribution in [0.15, 0.2) is 79.0 Å². The summed E-state index contributed by atoms with van der Waals surface area (Å²) in [5, 5.41) is 8.70. The Morgan fingerprint density at radius 2 is 1.55 bits per heavy atom. The third kappa shape index (κ3) is 2.09. The van der Waals surface area contributed by atoms with Gasteiger partial charge in [-0.3, -0.25) is 4.98 Å². The van der Waals surface area contributed by atoms with E-state index in [2.05, 4.69) is 15.3 Å². The maximum absolute atomic E-state index is 4.37. The fourth-order valence-corrected chi connectivity index (χ4v) is 2.42. The molecule has 4 rings (SSSR count). The predicted molar refractivity (Wildman–Crippen MR) is 82.7 cm³/mol. The van der Waals surface area contributed by atoms with Crippen LogP contribution in [-0.2, 0) is 0 Å². The van der Waals surface area contributed by atoms with E-state index in [-0.39, 0.29) is 0 Å². The fourth-order valence-electron chi connectivity index (χ4n) is 2.42. The second-order valence-electron chi connectivity index (χ2n) is 4.87. The fraction of sp³-hybridized carbons (Fsp3) is 0. The normalized spacial score (nSPS) is 10.7. The van der Waals surface area contributed by atoms with Gasteiger partial charge in [0.15, 0.2) is 0 Å². The Morgan fingerprint density at radius 1 is 0.818 bits per heavy atom. The lowest BCUT2D eigenvalue weighted by Gasteiger charge is -2.03. The Hall–Kier alpha value is -3.21. The first-order valence-corrected chi connectivity index (χ1v) is 7.06. The number of nitrogens with one attached hydrogen (secondary N) is 1. The predicted octanol–water partition coefficient (Wildman–Crippen LogP) is 2.54. The molecule has 0 radical (unpaired) electrons. The molecule has 0 aliphatic carbocycles. The van der Waals surface area contributed by atoms with Gasteiger partial charge < -0.3 is 0 Å². The third-order valence-corrected chi connectivity index (χ3v) is 3.44. The van der Waals surface area contributed by atoms with Gasteiger partial charge in [0, 0.05) is 17.8 Å². The van der Waals surface area contributed by atoms with Crippen molar-refractivity contribution >= 4 is 0 Å². The molecule has 0 bridgehead atoms. The molecule has 0 fully saturated rings. The molecule has 5 heteroatoms. The molecule has 0 saturated carbocycles. The molecule has 2 heterocycles. The number of aromatic nitrogens is 5. The minimum atomic E-state index is 0.784. The van der Waals surface area contributed by atoms with Crippen molar-refractivity contribution < 1.29 is 4.68 Å². The minimum absolute atomic E-state index is 0.784. The monoisotopic (exact) mass is 288 g/mol. The highest BCUT2D eigenvalue weighted by molar-refractivity contribution is 5.51. The zero-order valence-corrected chi connectivity index (χ0v) is 11.8. The Bertz CT molecular complexity index is 807. The molecular formula is C17H14N5+. The van der Waals surface area contributed by atoms with E-state index >= 15 is 0 Å². The van der Waals surface area contributed by atoms with E-state index < -0.39 is 0 Å². The van der Waals surface area contributed by atoms with Crippen molar-refractivity contribution in [3.63, 3.8) is 0 Å². The van der Waals surface area contributed by atoms with E-state index in [1.165, 1.54) is 0 Å². The summed E-state index contributed by atoms with van der Waals surface area (Å²) in [7, 11) is 0. The summed E-state index contributed by atoms with van der Waals surface area (Å²) in [6.45, 7) is 0. The molecule has 0 saturated heterocycles. The van der Waals surface area contributed by atoms with E-state index in [9.17, 15) is 0 Å². The lowest BCUT2D eigenvalue weighted by atomic mass is 10.2. The Kier molecular flexibility index (Phi) is 3.01. The Morgan fingerprint density at radius 3 is 2.23 bits per heavy atom. The quantitative estimate of drug-likeness (QED) is 0.589. The van der Waals surface area contributed by atoms with Crippen molar-refractivity contribution in [2.75, 3.05) is 0 Å². The Balaban J connectivity index is 1.96. The van der Waals surface area contributed by atoms with Gasteiger partial charge in [-0.25, -0.2) is 0 Å². The number of aromatic amines is 1. The number of hydrogen-bond acceptors (Lipinski definition) is 2. The van der Waals surface area contributed by atoms with Crippen LogP contribution in [0, 0.1) is 0 Å². The molecule has 0 spiro atoms. The number of rotatable bonds is 3. The van der Waals surface area contributed by atoms with Gasteiger partial charge in [-0.1, -0.05) is 41.2 Å². The highest BCUT2D eigenvalue weighted by Gasteiger charge is 2.23. The Labute approximate surface area is 127 Å². The topological polar surface area (TPSA) is 50.4 Å². The number of hydrogen-bond donors (Lipinski definition) is 1. The third-order valence-electron chi connectivity index (χ3n) is 3.44. The van der Waals surface area contributed by atoms with Gasteiger partial charge in [0.05, 0.1) is 5.10 Å². The highest BCUT2D eigenvalue weighted by atomic mass is 15.6. The molecule has 5 nitrogen and oxygen atoms in total. The molecule has 0 amide bonds. The largest absolute Gasteiger partial charge is 0.301 e. The molecule has 2 aromatic carbocycles. The smallest absolute Gasteiger partial charge is 0.295 e. The summed E-state index contributed by atoms with van der Waals surface area (Å²) in [5.74, 6) is 1.69. The lowest BCUT2D eigenvalue weighted by Crippen LogP contribution is -2.42. The van der Waals surface area contributed by atoms with Crippen molar-refractivity contribution in [2.45, 2.75) is 0 Å². The average Bonchev–Trinajstić information content (AvgIpc) is 3.25. The van der Waals surface area contributed by atoms with Crippen LogP contribution in [0.4, 0.5) is 0 Å². The number of nitrogens with zero attached hydrogens (tertiary/aromatic N) is 4. The van der Waals surface area contributed by atoms with Crippen molar-refractivity contribution in [3.05, 3.63) is 79.0 Å². The van der Waals surface area contributed by atoms with Crippen LogP contribution in [-0.4, -0.2) is 20.1 Å². The van der Waals surface area contributed by atoms with Crippen LogP contribution in [0.3, 0.4) is 0 Å². The SMILES string of the molecule is c1ccc(-c2nnn(-c3ccccc3)[n+]2-c2ccc[nH]2)cc1. The maximum Gasteiger partial charge on any atom is 0.301 e. The molecule has 1 N–H and O–H groups in total. The summed E-state index contributed by atoms with van der Waals surface area (Å²) in [6, 6.07) is 23.9. The first kappa shape index (κ1) is 12.5. The maximum atomic E-state index is 4.37. The zero-order valence-electron chi connectivity index (χ0n) is 11.8. The summed E-state index contributed by atoms with van der Waals surface area (Å²) in [6.07, 6.45) is 1.89. The van der Waals surface area contributed by atoms with Crippen LogP contribution < -0.4 is 4.68 Å². The number of benzene rings is 2. The van der Waals surface area contributed by atoms with Gasteiger partial charge in [-0.05, 0) is 30.3 Å². The van der Waals surface area contributed by atoms with Gasteiger partial charge in [0.2, 0.25) is 5.82 Å². The van der Waals surface area contributed by atoms with Crippen molar-refractivity contribution in [3.8, 4) is 22.9 Å². The van der Waals surface area contributed by atoms with E-state index in [1.54, 1.807) is 4.80 Å². The minimum Gasteiger partial charge on any atom is -0.295 e. The average molecular weight is 288 g/mol. The second kappa shape index (κ2) is 5.29. The molecule has 0 aliphatic heterocycles. The molecule has 0 atom stereocenters. The zero-order chi connectivity index (χ0) is 14.8. The van der Waals surface area contributed by atoms with E-state index in [0.29, 0.717) is 0 Å². The van der Waals surface area contributed by atoms with Gasteiger partial charge in [0.1, 0.15) is 10.9 Å². The summed E-state index contributed by atoms with van der Waals surface area (Å²) < 4.78 is 1.96. The van der Waals surface area contributed by atoms with Crippen LogP contribution in [0.2, 0.25) is 0 Å². The van der Waals surface area contributed by atoms with E-state index in [1.807, 2.05) is 83.7 Å². The van der Waals surface area contributed by atoms with E-state index in [4.69, 9.17) is 0 Å². The van der Waals surface area contributed by atoms with Gasteiger partial charge in [-0.2, -0.15) is 0 Å². The van der Waals surface area contributed by atoms with E-state index in [0.717, 1.165) is 22.9 Å². The van der Waals surface area contributed by atoms with Crippen LogP contribution in [0.1, 0.15) is 0 Å². The molecule has 106 valence electrons. The van der Waals surface area contributed by atoms with Gasteiger partial charge in [-0.15, -0.1) is 4.68 Å². The van der Waals surface area contributed by atoms with Crippen molar-refractivity contribution in [1.29, 1.82) is 0 Å². The lowest BCUT2D eigenvalue weighted by molar-refractivity contribution is -0.672. The number of tetrazole rings is 1. The van der Waals surface area contributed by atoms with Crippen LogP contribution in [0.25, 0.3) is 22.9 Å². The number of para-hydroxylation sites is 1. The molecule has 0 unspecified atom stereocenters. The first-order valence-electron chi connectivity index (χ1n) is 7.06. The summed E-state index contributed by atoms with van der Waals surface area (Å²) in [5.41, 5.74) is 1.96. The highest BCUT2D eigenvalue weighted by Crippen LogP contribution is 2.14. The summed E-state index contributed by atoms with van der Waals surface area (Å²) in [4.78, 5) is 5.01. The van der Waals surface area contributed by atoms with Gasteiger partial charge >= 0.3 is 5.82 Å². The first-order chi connectivity index (χ1) is 10.9. The molecule has 2 aromatic heterocycles. The molecular weight excluding hydrogens is 274 g/mol. The van der Waals surface area contributed by atoms with Crippen LogP contribution >= 0.6 is 0 Å². The standard InChI is InChI=1S/C17H14N5/c1-3-8-14(9-4-1)17-19-20-22(15-10-5-2-6-11-15)21(17)16-12-7-13-18-16/h1-13,18H/q+1. The second-order valence-corrected chi connectivity index (χ2v) is 4.87. The number of H-pyrrole nitrogens is 1.